The Bertz CT molecular complexity index is 447. The van der Waals surface area contributed by atoms with Gasteiger partial charge in [0.2, 0.25) is 0 Å². The van der Waals surface area contributed by atoms with Gasteiger partial charge in [-0.1, -0.05) is 23.8 Å². The summed E-state index contributed by atoms with van der Waals surface area (Å²) in [5, 5.41) is 0.621. The first-order chi connectivity index (χ1) is 10.1. The summed E-state index contributed by atoms with van der Waals surface area (Å²) >= 11 is 11.2. The molecule has 0 saturated heterocycles. The van der Waals surface area contributed by atoms with E-state index >= 15 is 0 Å². The average molecular weight is 331 g/mol. The smallest absolute Gasteiger partial charge is 0.106 e. The fourth-order valence-corrected chi connectivity index (χ4v) is 2.31. The lowest BCUT2D eigenvalue weighted by Crippen LogP contribution is -2.33. The molecule has 0 bridgehead atoms. The lowest BCUT2D eigenvalue weighted by atomic mass is 10.1. The van der Waals surface area contributed by atoms with Crippen molar-refractivity contribution in [3.8, 4) is 0 Å². The number of rotatable bonds is 10. The molecule has 0 unspecified atom stereocenters. The van der Waals surface area contributed by atoms with Gasteiger partial charge in [-0.15, -0.1) is 0 Å². The first kappa shape index (κ1) is 18.2. The molecule has 0 heterocycles. The van der Waals surface area contributed by atoms with Crippen molar-refractivity contribution in [2.24, 2.45) is 5.73 Å². The van der Waals surface area contributed by atoms with Gasteiger partial charge in [-0.05, 0) is 32.0 Å². The molecule has 0 saturated carbocycles. The zero-order valence-electron chi connectivity index (χ0n) is 12.6. The van der Waals surface area contributed by atoms with Crippen LogP contribution in [0.2, 0.25) is 5.02 Å². The Hall–Kier alpha value is -0.880. The van der Waals surface area contributed by atoms with E-state index in [2.05, 4.69) is 4.90 Å². The van der Waals surface area contributed by atoms with Gasteiger partial charge in [-0.3, -0.25) is 0 Å². The van der Waals surface area contributed by atoms with Crippen LogP contribution >= 0.6 is 23.8 Å². The Morgan fingerprint density at radius 1 is 1.19 bits per heavy atom. The number of anilines is 1. The largest absolute Gasteiger partial charge is 0.389 e. The second-order valence-corrected chi connectivity index (χ2v) is 5.28. The normalized spacial score (nSPS) is 10.6. The van der Waals surface area contributed by atoms with Gasteiger partial charge in [0.25, 0.3) is 0 Å². The van der Waals surface area contributed by atoms with E-state index in [1.165, 1.54) is 0 Å². The van der Waals surface area contributed by atoms with Gasteiger partial charge in [0.05, 0.1) is 13.2 Å². The van der Waals surface area contributed by atoms with Crippen LogP contribution in [-0.2, 0) is 9.47 Å². The zero-order chi connectivity index (χ0) is 15.7. The number of halogens is 1. The van der Waals surface area contributed by atoms with Crippen LogP contribution in [0.4, 0.5) is 5.69 Å². The third kappa shape index (κ3) is 6.18. The average Bonchev–Trinajstić information content (AvgIpc) is 2.46. The van der Waals surface area contributed by atoms with Crippen LogP contribution in [0.25, 0.3) is 0 Å². The summed E-state index contributed by atoms with van der Waals surface area (Å²) in [6.07, 6.45) is 0. The van der Waals surface area contributed by atoms with Crippen molar-refractivity contribution >= 4 is 34.5 Å². The molecule has 1 aromatic carbocycles. The molecule has 1 aromatic rings. The van der Waals surface area contributed by atoms with Gasteiger partial charge in [-0.2, -0.15) is 0 Å². The quantitative estimate of drug-likeness (QED) is 0.528. The summed E-state index contributed by atoms with van der Waals surface area (Å²) in [6, 6.07) is 5.58. The van der Waals surface area contributed by atoms with Crippen LogP contribution in [-0.4, -0.2) is 44.5 Å². The van der Waals surface area contributed by atoms with Crippen LogP contribution in [0, 0.1) is 0 Å². The summed E-state index contributed by atoms with van der Waals surface area (Å²) < 4.78 is 10.9. The van der Waals surface area contributed by atoms with Gasteiger partial charge in [0.1, 0.15) is 4.99 Å². The van der Waals surface area contributed by atoms with E-state index in [-0.39, 0.29) is 0 Å². The van der Waals surface area contributed by atoms with Gasteiger partial charge in [0.15, 0.2) is 0 Å². The minimum atomic E-state index is 0.338. The van der Waals surface area contributed by atoms with Crippen LogP contribution in [0.15, 0.2) is 18.2 Å². The van der Waals surface area contributed by atoms with Gasteiger partial charge in [-0.25, -0.2) is 0 Å². The number of hydrogen-bond donors (Lipinski definition) is 1. The zero-order valence-corrected chi connectivity index (χ0v) is 14.2. The maximum atomic E-state index is 6.04. The number of hydrogen-bond acceptors (Lipinski definition) is 4. The molecule has 21 heavy (non-hydrogen) atoms. The van der Waals surface area contributed by atoms with E-state index in [1.54, 1.807) is 6.07 Å². The fourth-order valence-electron chi connectivity index (χ4n) is 1.97. The van der Waals surface area contributed by atoms with Crippen molar-refractivity contribution in [1.29, 1.82) is 0 Å². The van der Waals surface area contributed by atoms with Crippen molar-refractivity contribution in [1.82, 2.24) is 0 Å². The highest BCUT2D eigenvalue weighted by molar-refractivity contribution is 7.80. The standard InChI is InChI=1S/C15H23ClN2O2S/c1-3-19-9-7-18(8-10-20-4-2)14-6-5-12(16)11-13(14)15(17)21/h5-6,11H,3-4,7-10H2,1-2H3,(H2,17,21). The van der Waals surface area contributed by atoms with Crippen LogP contribution in [0.5, 0.6) is 0 Å². The number of nitrogens with two attached hydrogens (primary N) is 1. The minimum Gasteiger partial charge on any atom is -0.389 e. The monoisotopic (exact) mass is 330 g/mol. The second-order valence-electron chi connectivity index (χ2n) is 4.41. The van der Waals surface area contributed by atoms with E-state index in [1.807, 2.05) is 26.0 Å². The highest BCUT2D eigenvalue weighted by Crippen LogP contribution is 2.24. The lowest BCUT2D eigenvalue weighted by molar-refractivity contribution is 0.141. The predicted octanol–water partition coefficient (Wildman–Crippen LogP) is 2.85. The van der Waals surface area contributed by atoms with E-state index in [4.69, 9.17) is 39.0 Å². The highest BCUT2D eigenvalue weighted by Gasteiger charge is 2.13. The molecule has 0 fully saturated rings. The predicted molar refractivity (Wildman–Crippen MR) is 92.5 cm³/mol. The summed E-state index contributed by atoms with van der Waals surface area (Å²) in [7, 11) is 0. The number of benzene rings is 1. The Kier molecular flexibility index (Phi) is 8.61. The molecular weight excluding hydrogens is 308 g/mol. The topological polar surface area (TPSA) is 47.7 Å². The molecule has 0 aliphatic heterocycles. The molecule has 0 amide bonds. The minimum absolute atomic E-state index is 0.338. The second kappa shape index (κ2) is 9.95. The number of ether oxygens (including phenoxy) is 2. The maximum Gasteiger partial charge on any atom is 0.106 e. The van der Waals surface area contributed by atoms with Crippen molar-refractivity contribution in [2.45, 2.75) is 13.8 Å². The van der Waals surface area contributed by atoms with Crippen LogP contribution in [0.1, 0.15) is 19.4 Å². The number of nitrogens with zero attached hydrogens (tertiary/aromatic N) is 1. The third-order valence-corrected chi connectivity index (χ3v) is 3.44. The van der Waals surface area contributed by atoms with E-state index in [0.29, 0.717) is 36.4 Å². The summed E-state index contributed by atoms with van der Waals surface area (Å²) in [6.45, 7) is 8.13. The molecular formula is C15H23ClN2O2S. The van der Waals surface area contributed by atoms with Crippen LogP contribution < -0.4 is 10.6 Å². The maximum absolute atomic E-state index is 6.04. The SMILES string of the molecule is CCOCCN(CCOCC)c1ccc(Cl)cc1C(N)=S. The first-order valence-corrected chi connectivity index (χ1v) is 7.88. The van der Waals surface area contributed by atoms with E-state index in [9.17, 15) is 0 Å². The summed E-state index contributed by atoms with van der Waals surface area (Å²) in [5.74, 6) is 0. The molecule has 0 aliphatic carbocycles. The highest BCUT2D eigenvalue weighted by atomic mass is 35.5. The Morgan fingerprint density at radius 2 is 1.76 bits per heavy atom. The van der Waals surface area contributed by atoms with Crippen molar-refractivity contribution in [2.75, 3.05) is 44.4 Å². The van der Waals surface area contributed by atoms with Gasteiger partial charge in [0, 0.05) is 42.6 Å². The fraction of sp³-hybridized carbons (Fsp3) is 0.533. The molecule has 0 radical (unpaired) electrons. The Morgan fingerprint density at radius 3 is 2.24 bits per heavy atom. The first-order valence-electron chi connectivity index (χ1n) is 7.09. The molecule has 0 spiro atoms. The van der Waals surface area contributed by atoms with Crippen molar-refractivity contribution in [3.05, 3.63) is 28.8 Å². The molecule has 6 heteroatoms. The molecule has 0 aliphatic rings. The van der Waals surface area contributed by atoms with Crippen LogP contribution in [0.3, 0.4) is 0 Å². The van der Waals surface area contributed by atoms with E-state index < -0.39 is 0 Å². The van der Waals surface area contributed by atoms with Crippen molar-refractivity contribution < 1.29 is 9.47 Å². The molecule has 118 valence electrons. The number of thiocarbonyl (C=S) groups is 1. The molecule has 1 rings (SSSR count). The van der Waals surface area contributed by atoms with Crippen molar-refractivity contribution in [3.63, 3.8) is 0 Å². The van der Waals surface area contributed by atoms with Gasteiger partial charge < -0.3 is 20.1 Å². The summed E-state index contributed by atoms with van der Waals surface area (Å²) in [4.78, 5) is 2.50. The third-order valence-electron chi connectivity index (χ3n) is 2.98. The lowest BCUT2D eigenvalue weighted by Gasteiger charge is -2.27. The molecule has 4 nitrogen and oxygen atoms in total. The Labute approximate surface area is 137 Å². The van der Waals surface area contributed by atoms with Gasteiger partial charge >= 0.3 is 0 Å². The molecule has 2 N–H and O–H groups in total. The summed E-state index contributed by atoms with van der Waals surface area (Å²) in [5.41, 5.74) is 7.56. The Balaban J connectivity index is 2.91. The van der Waals surface area contributed by atoms with E-state index in [0.717, 1.165) is 24.3 Å². The molecule has 0 aromatic heterocycles. The molecule has 0 atom stereocenters.